The highest BCUT2D eigenvalue weighted by molar-refractivity contribution is 6.16. The number of ether oxygens (including phenoxy) is 1. The number of nitrogens with zero attached hydrogens (tertiary/aromatic N) is 2. The molecule has 0 bridgehead atoms. The Morgan fingerprint density at radius 3 is 2.50 bits per heavy atom. The molecule has 1 aromatic carbocycles. The summed E-state index contributed by atoms with van der Waals surface area (Å²) in [5, 5.41) is 11.2. The van der Waals surface area contributed by atoms with Gasteiger partial charge in [-0.2, -0.15) is 0 Å². The van der Waals surface area contributed by atoms with Gasteiger partial charge in [0.25, 0.3) is 11.6 Å². The van der Waals surface area contributed by atoms with Crippen molar-refractivity contribution < 1.29 is 19.2 Å². The van der Waals surface area contributed by atoms with Crippen LogP contribution >= 0.6 is 0 Å². The van der Waals surface area contributed by atoms with Crippen molar-refractivity contribution >= 4 is 23.6 Å². The number of carbonyl (C=O) groups excluding carboxylic acids is 2. The van der Waals surface area contributed by atoms with Crippen molar-refractivity contribution in [1.82, 2.24) is 4.90 Å². The molecular weight excluding hydrogens is 312 g/mol. The molecular formula is C17H18N2O5. The van der Waals surface area contributed by atoms with Crippen LogP contribution in [0.1, 0.15) is 26.3 Å². The molecule has 1 aliphatic heterocycles. The van der Waals surface area contributed by atoms with Crippen molar-refractivity contribution in [3.8, 4) is 0 Å². The predicted octanol–water partition coefficient (Wildman–Crippen LogP) is 2.68. The molecule has 24 heavy (non-hydrogen) atoms. The first-order valence-corrected chi connectivity index (χ1v) is 7.37. The van der Waals surface area contributed by atoms with E-state index in [4.69, 9.17) is 4.74 Å². The third-order valence-corrected chi connectivity index (χ3v) is 3.78. The molecule has 2 rings (SSSR count). The number of benzene rings is 1. The Bertz CT molecular complexity index is 777. The van der Waals surface area contributed by atoms with Gasteiger partial charge < -0.3 is 9.64 Å². The summed E-state index contributed by atoms with van der Waals surface area (Å²) in [5.74, 6) is -1.02. The van der Waals surface area contributed by atoms with Gasteiger partial charge in [-0.25, -0.2) is 4.79 Å². The van der Waals surface area contributed by atoms with E-state index in [9.17, 15) is 19.7 Å². The molecule has 1 amide bonds. The second kappa shape index (κ2) is 6.66. The molecule has 0 spiro atoms. The maximum Gasteiger partial charge on any atom is 0.340 e. The zero-order chi connectivity index (χ0) is 18.0. The number of hydrogen-bond acceptors (Lipinski definition) is 5. The summed E-state index contributed by atoms with van der Waals surface area (Å²) in [6.07, 6.45) is 1.37. The van der Waals surface area contributed by atoms with Crippen LogP contribution in [0.3, 0.4) is 0 Å². The fraction of sp³-hybridized carbons (Fsp3) is 0.294. The van der Waals surface area contributed by atoms with Gasteiger partial charge in [0.2, 0.25) is 0 Å². The summed E-state index contributed by atoms with van der Waals surface area (Å²) < 4.78 is 4.78. The van der Waals surface area contributed by atoms with Gasteiger partial charge in [-0.1, -0.05) is 12.1 Å². The molecule has 7 nitrogen and oxygen atoms in total. The number of rotatable bonds is 4. The third kappa shape index (κ3) is 2.92. The number of nitro groups is 1. The molecule has 0 radical (unpaired) electrons. The maximum atomic E-state index is 12.7. The van der Waals surface area contributed by atoms with E-state index < -0.39 is 10.9 Å². The van der Waals surface area contributed by atoms with Crippen molar-refractivity contribution in [1.29, 1.82) is 0 Å². The minimum Gasteiger partial charge on any atom is -0.465 e. The third-order valence-electron chi connectivity index (χ3n) is 3.78. The largest absolute Gasteiger partial charge is 0.465 e. The first-order chi connectivity index (χ1) is 11.3. The van der Waals surface area contributed by atoms with Gasteiger partial charge in [-0.3, -0.25) is 14.9 Å². The van der Waals surface area contributed by atoms with E-state index in [2.05, 4.69) is 0 Å². The van der Waals surface area contributed by atoms with Crippen molar-refractivity contribution in [3.05, 3.63) is 56.8 Å². The average molecular weight is 330 g/mol. The lowest BCUT2D eigenvalue weighted by atomic mass is 10.0. The number of nitro benzene ring substituents is 1. The molecule has 1 aromatic rings. The van der Waals surface area contributed by atoms with Crippen molar-refractivity contribution in [2.45, 2.75) is 26.8 Å². The molecule has 0 saturated heterocycles. The minimum atomic E-state index is -0.645. The highest BCUT2D eigenvalue weighted by Gasteiger charge is 2.38. The SMILES string of the molecule is COC(=O)C1=C(C)N(C(C)C)C(=O)C1=Cc1ccccc1[N+](=O)[O-]. The molecule has 0 atom stereocenters. The molecule has 126 valence electrons. The Morgan fingerprint density at radius 1 is 1.33 bits per heavy atom. The van der Waals surface area contributed by atoms with Crippen molar-refractivity contribution in [2.24, 2.45) is 0 Å². The lowest BCUT2D eigenvalue weighted by Gasteiger charge is -2.22. The smallest absolute Gasteiger partial charge is 0.340 e. The lowest BCUT2D eigenvalue weighted by Crippen LogP contribution is -2.31. The minimum absolute atomic E-state index is 0.0994. The van der Waals surface area contributed by atoms with E-state index in [0.29, 0.717) is 5.70 Å². The van der Waals surface area contributed by atoms with Gasteiger partial charge in [-0.15, -0.1) is 0 Å². The average Bonchev–Trinajstić information content (AvgIpc) is 2.77. The normalized spacial score (nSPS) is 16.3. The van der Waals surface area contributed by atoms with Crippen molar-refractivity contribution in [3.63, 3.8) is 0 Å². The van der Waals surface area contributed by atoms with Crippen LogP contribution < -0.4 is 0 Å². The predicted molar refractivity (Wildman–Crippen MR) is 87.8 cm³/mol. The fourth-order valence-corrected chi connectivity index (χ4v) is 2.75. The van der Waals surface area contributed by atoms with Gasteiger partial charge in [0, 0.05) is 17.8 Å². The van der Waals surface area contributed by atoms with Gasteiger partial charge in [-0.05, 0) is 32.9 Å². The molecule has 0 saturated carbocycles. The Morgan fingerprint density at radius 2 is 1.96 bits per heavy atom. The molecule has 0 aromatic heterocycles. The monoisotopic (exact) mass is 330 g/mol. The van der Waals surface area contributed by atoms with Crippen LogP contribution in [0.25, 0.3) is 6.08 Å². The van der Waals surface area contributed by atoms with E-state index in [0.717, 1.165) is 0 Å². The van der Waals surface area contributed by atoms with Crippen LogP contribution in [0.4, 0.5) is 5.69 Å². The van der Waals surface area contributed by atoms with Gasteiger partial charge in [0.1, 0.15) is 0 Å². The van der Waals surface area contributed by atoms with Gasteiger partial charge in [0.05, 0.1) is 28.7 Å². The van der Waals surface area contributed by atoms with Gasteiger partial charge in [0.15, 0.2) is 0 Å². The topological polar surface area (TPSA) is 89.8 Å². The molecule has 0 unspecified atom stereocenters. The van der Waals surface area contributed by atoms with Crippen LogP contribution in [-0.4, -0.2) is 34.9 Å². The van der Waals surface area contributed by atoms with Crippen LogP contribution in [0, 0.1) is 10.1 Å². The Hall–Kier alpha value is -2.96. The summed E-state index contributed by atoms with van der Waals surface area (Å²) in [5.41, 5.74) is 0.830. The molecule has 1 aliphatic rings. The van der Waals surface area contributed by atoms with E-state index in [1.165, 1.54) is 30.2 Å². The number of methoxy groups -OCH3 is 1. The highest BCUT2D eigenvalue weighted by Crippen LogP contribution is 2.34. The standard InChI is InChI=1S/C17H18N2O5/c1-10(2)18-11(3)15(17(21)24-4)13(16(18)20)9-12-7-5-6-8-14(12)19(22)23/h5-10H,1-4H3. The molecule has 0 aliphatic carbocycles. The first kappa shape index (κ1) is 17.4. The molecule has 0 N–H and O–H groups in total. The molecule has 1 heterocycles. The van der Waals surface area contributed by atoms with E-state index in [1.807, 2.05) is 13.8 Å². The second-order valence-electron chi connectivity index (χ2n) is 5.59. The summed E-state index contributed by atoms with van der Waals surface area (Å²) in [6, 6.07) is 5.89. The summed E-state index contributed by atoms with van der Waals surface area (Å²) in [7, 11) is 1.23. The van der Waals surface area contributed by atoms with Crippen molar-refractivity contribution in [2.75, 3.05) is 7.11 Å². The zero-order valence-corrected chi connectivity index (χ0v) is 13.9. The number of esters is 1. The Balaban J connectivity index is 2.66. The fourth-order valence-electron chi connectivity index (χ4n) is 2.75. The lowest BCUT2D eigenvalue weighted by molar-refractivity contribution is -0.385. The van der Waals surface area contributed by atoms with Crippen LogP contribution in [-0.2, 0) is 14.3 Å². The van der Waals surface area contributed by atoms with E-state index >= 15 is 0 Å². The van der Waals surface area contributed by atoms with E-state index in [1.54, 1.807) is 19.1 Å². The number of allylic oxidation sites excluding steroid dienone is 1. The Labute approximate surface area is 139 Å². The number of para-hydroxylation sites is 1. The summed E-state index contributed by atoms with van der Waals surface area (Å²) in [4.78, 5) is 37.0. The maximum absolute atomic E-state index is 12.7. The van der Waals surface area contributed by atoms with Crippen LogP contribution in [0.5, 0.6) is 0 Å². The number of carbonyl (C=O) groups is 2. The van der Waals surface area contributed by atoms with Crippen LogP contribution in [0.2, 0.25) is 0 Å². The number of hydrogen-bond donors (Lipinski definition) is 0. The summed E-state index contributed by atoms with van der Waals surface area (Å²) >= 11 is 0. The van der Waals surface area contributed by atoms with Crippen LogP contribution in [0.15, 0.2) is 41.1 Å². The first-order valence-electron chi connectivity index (χ1n) is 7.37. The molecule has 0 fully saturated rings. The molecule has 7 heteroatoms. The quantitative estimate of drug-likeness (QED) is 0.366. The van der Waals surface area contributed by atoms with Gasteiger partial charge >= 0.3 is 5.97 Å². The van der Waals surface area contributed by atoms with E-state index in [-0.39, 0.29) is 34.3 Å². The number of amides is 1. The Kier molecular flexibility index (Phi) is 4.82. The zero-order valence-electron chi connectivity index (χ0n) is 13.9. The highest BCUT2D eigenvalue weighted by atomic mass is 16.6. The summed E-state index contributed by atoms with van der Waals surface area (Å²) in [6.45, 7) is 5.30. The second-order valence-corrected chi connectivity index (χ2v) is 5.59.